The maximum atomic E-state index is 10.8. The fourth-order valence-electron chi connectivity index (χ4n) is 3.25. The Morgan fingerprint density at radius 1 is 1.24 bits per heavy atom. The van der Waals surface area contributed by atoms with Crippen LogP contribution < -0.4 is 5.32 Å². The van der Waals surface area contributed by atoms with Crippen molar-refractivity contribution in [3.8, 4) is 0 Å². The summed E-state index contributed by atoms with van der Waals surface area (Å²) in [5.41, 5.74) is 3.27. The van der Waals surface area contributed by atoms with Crippen LogP contribution in [0.3, 0.4) is 0 Å². The van der Waals surface area contributed by atoms with Gasteiger partial charge in [-0.05, 0) is 62.3 Å². The number of aliphatic hydroxyl groups is 1. The molecule has 1 aliphatic carbocycles. The lowest BCUT2D eigenvalue weighted by Crippen LogP contribution is -2.42. The third-order valence-corrected chi connectivity index (χ3v) is 4.42. The van der Waals surface area contributed by atoms with Crippen molar-refractivity contribution in [2.24, 2.45) is 0 Å². The molecule has 0 amide bonds. The van der Waals surface area contributed by atoms with Gasteiger partial charge in [0.15, 0.2) is 0 Å². The average Bonchev–Trinajstić information content (AvgIpc) is 2.99. The minimum Gasteiger partial charge on any atom is -0.384 e. The first-order chi connectivity index (χ1) is 8.18. The van der Waals surface area contributed by atoms with E-state index in [2.05, 4.69) is 23.5 Å². The van der Waals surface area contributed by atoms with E-state index in [1.54, 1.807) is 0 Å². The van der Waals surface area contributed by atoms with Gasteiger partial charge in [-0.1, -0.05) is 18.2 Å². The lowest BCUT2D eigenvalue weighted by molar-refractivity contribution is 0.0218. The van der Waals surface area contributed by atoms with Crippen molar-refractivity contribution in [2.75, 3.05) is 6.54 Å². The van der Waals surface area contributed by atoms with E-state index >= 15 is 0 Å². The van der Waals surface area contributed by atoms with Gasteiger partial charge >= 0.3 is 0 Å². The van der Waals surface area contributed by atoms with Gasteiger partial charge in [0, 0.05) is 6.04 Å². The second kappa shape index (κ2) is 4.11. The predicted octanol–water partition coefficient (Wildman–Crippen LogP) is 2.13. The molecular formula is C15H21NO. The largest absolute Gasteiger partial charge is 0.384 e. The van der Waals surface area contributed by atoms with Crippen LogP contribution in [0.2, 0.25) is 0 Å². The number of hydrogen-bond donors (Lipinski definition) is 2. The number of nitrogens with one attached hydrogen (secondary N) is 1. The van der Waals surface area contributed by atoms with Gasteiger partial charge in [-0.2, -0.15) is 0 Å². The molecule has 17 heavy (non-hydrogen) atoms. The Bertz CT molecular complexity index is 419. The quantitative estimate of drug-likeness (QED) is 0.817. The van der Waals surface area contributed by atoms with Gasteiger partial charge in [-0.25, -0.2) is 0 Å². The van der Waals surface area contributed by atoms with Crippen LogP contribution >= 0.6 is 0 Å². The molecule has 1 aromatic rings. The molecule has 1 aromatic carbocycles. The molecule has 2 heteroatoms. The molecule has 0 bridgehead atoms. The number of fused-ring (bicyclic) bond motifs is 1. The van der Waals surface area contributed by atoms with Crippen LogP contribution in [-0.4, -0.2) is 17.7 Å². The first kappa shape index (κ1) is 11.2. The smallest absolute Gasteiger partial charge is 0.102 e. The summed E-state index contributed by atoms with van der Waals surface area (Å²) in [5, 5.41) is 14.2. The third-order valence-electron chi connectivity index (χ3n) is 4.42. The Hall–Kier alpha value is -0.860. The molecule has 2 N–H and O–H groups in total. The lowest BCUT2D eigenvalue weighted by atomic mass is 9.86. The highest BCUT2D eigenvalue weighted by molar-refractivity contribution is 5.38. The molecule has 0 aromatic heterocycles. The molecule has 2 atom stereocenters. The van der Waals surface area contributed by atoms with Crippen molar-refractivity contribution in [3.63, 3.8) is 0 Å². The summed E-state index contributed by atoms with van der Waals surface area (Å²) in [6.45, 7) is 2.98. The van der Waals surface area contributed by atoms with Crippen molar-refractivity contribution in [1.82, 2.24) is 5.32 Å². The van der Waals surface area contributed by atoms with Crippen LogP contribution in [0.4, 0.5) is 0 Å². The molecule has 2 nitrogen and oxygen atoms in total. The van der Waals surface area contributed by atoms with E-state index in [9.17, 15) is 5.11 Å². The van der Waals surface area contributed by atoms with E-state index < -0.39 is 5.60 Å². The van der Waals surface area contributed by atoms with Gasteiger partial charge < -0.3 is 10.4 Å². The van der Waals surface area contributed by atoms with Crippen molar-refractivity contribution in [2.45, 2.75) is 50.7 Å². The number of hydrogen-bond acceptors (Lipinski definition) is 2. The minimum absolute atomic E-state index is 0.210. The number of rotatable bonds is 2. The molecule has 2 aliphatic rings. The van der Waals surface area contributed by atoms with Crippen molar-refractivity contribution >= 4 is 0 Å². The molecule has 0 spiro atoms. The summed E-state index contributed by atoms with van der Waals surface area (Å²) in [5.74, 6) is 0. The van der Waals surface area contributed by atoms with Crippen LogP contribution in [0.5, 0.6) is 0 Å². The molecule has 1 aliphatic heterocycles. The zero-order valence-corrected chi connectivity index (χ0v) is 10.5. The van der Waals surface area contributed by atoms with Crippen LogP contribution in [0, 0.1) is 0 Å². The van der Waals surface area contributed by atoms with E-state index in [0.29, 0.717) is 0 Å². The van der Waals surface area contributed by atoms with Crippen LogP contribution in [0.15, 0.2) is 18.2 Å². The highest BCUT2D eigenvalue weighted by Crippen LogP contribution is 2.32. The monoisotopic (exact) mass is 231 g/mol. The zero-order chi connectivity index (χ0) is 11.9. The fourth-order valence-corrected chi connectivity index (χ4v) is 3.25. The second-order valence-corrected chi connectivity index (χ2v) is 5.63. The number of benzene rings is 1. The van der Waals surface area contributed by atoms with Gasteiger partial charge in [-0.3, -0.25) is 0 Å². The number of aryl methyl sites for hydroxylation is 2. The molecule has 1 heterocycles. The Labute approximate surface area is 103 Å². The lowest BCUT2D eigenvalue weighted by Gasteiger charge is -2.31. The summed E-state index contributed by atoms with van der Waals surface area (Å²) in [4.78, 5) is 0. The molecule has 1 saturated heterocycles. The molecule has 0 radical (unpaired) electrons. The molecule has 0 saturated carbocycles. The summed E-state index contributed by atoms with van der Waals surface area (Å²) in [7, 11) is 0. The third kappa shape index (κ3) is 1.90. The highest BCUT2D eigenvalue weighted by atomic mass is 16.3. The summed E-state index contributed by atoms with van der Waals surface area (Å²) in [6, 6.07) is 6.76. The predicted molar refractivity (Wildman–Crippen MR) is 69.1 cm³/mol. The fraction of sp³-hybridized carbons (Fsp3) is 0.600. The van der Waals surface area contributed by atoms with Gasteiger partial charge in [0.25, 0.3) is 0 Å². The van der Waals surface area contributed by atoms with Crippen LogP contribution in [-0.2, 0) is 18.4 Å². The van der Waals surface area contributed by atoms with Crippen LogP contribution in [0.25, 0.3) is 0 Å². The highest BCUT2D eigenvalue weighted by Gasteiger charge is 2.35. The molecular weight excluding hydrogens is 210 g/mol. The minimum atomic E-state index is -0.728. The Kier molecular flexibility index (Phi) is 2.72. The first-order valence-electron chi connectivity index (χ1n) is 6.76. The SMILES string of the molecule is CC(O)(c1ccc2c(c1)CCC2)C1CCCN1. The van der Waals surface area contributed by atoms with Gasteiger partial charge in [0.2, 0.25) is 0 Å². The van der Waals surface area contributed by atoms with Crippen molar-refractivity contribution < 1.29 is 5.11 Å². The second-order valence-electron chi connectivity index (χ2n) is 5.63. The first-order valence-corrected chi connectivity index (χ1v) is 6.76. The maximum absolute atomic E-state index is 10.8. The standard InChI is InChI=1S/C15H21NO/c1-15(17,14-6-3-9-16-14)13-8-7-11-4-2-5-12(11)10-13/h7-8,10,14,16-17H,2-6,9H2,1H3. The topological polar surface area (TPSA) is 32.3 Å². The van der Waals surface area contributed by atoms with E-state index in [4.69, 9.17) is 0 Å². The van der Waals surface area contributed by atoms with E-state index in [1.807, 2.05) is 6.92 Å². The van der Waals surface area contributed by atoms with Gasteiger partial charge in [0.1, 0.15) is 5.60 Å². The maximum Gasteiger partial charge on any atom is 0.102 e. The van der Waals surface area contributed by atoms with Crippen LogP contribution in [0.1, 0.15) is 42.9 Å². The summed E-state index contributed by atoms with van der Waals surface area (Å²) < 4.78 is 0. The Morgan fingerprint density at radius 2 is 2.06 bits per heavy atom. The van der Waals surface area contributed by atoms with Crippen molar-refractivity contribution in [3.05, 3.63) is 34.9 Å². The average molecular weight is 231 g/mol. The van der Waals surface area contributed by atoms with E-state index in [1.165, 1.54) is 36.8 Å². The Balaban J connectivity index is 1.92. The Morgan fingerprint density at radius 3 is 2.82 bits per heavy atom. The summed E-state index contributed by atoms with van der Waals surface area (Å²) >= 11 is 0. The molecule has 2 unspecified atom stereocenters. The van der Waals surface area contributed by atoms with Gasteiger partial charge in [0.05, 0.1) is 0 Å². The zero-order valence-electron chi connectivity index (χ0n) is 10.5. The van der Waals surface area contributed by atoms with Gasteiger partial charge in [-0.15, -0.1) is 0 Å². The molecule has 1 fully saturated rings. The molecule has 92 valence electrons. The normalized spacial score (nSPS) is 26.8. The summed E-state index contributed by atoms with van der Waals surface area (Å²) in [6.07, 6.45) is 5.90. The van der Waals surface area contributed by atoms with E-state index in [-0.39, 0.29) is 6.04 Å². The van der Waals surface area contributed by atoms with Crippen molar-refractivity contribution in [1.29, 1.82) is 0 Å². The molecule has 3 rings (SSSR count). The van der Waals surface area contributed by atoms with E-state index in [0.717, 1.165) is 18.5 Å².